The van der Waals surface area contributed by atoms with Crippen LogP contribution in [0.1, 0.15) is 6.92 Å². The predicted octanol–water partition coefficient (Wildman–Crippen LogP) is 5.26. The average Bonchev–Trinajstić information content (AvgIpc) is 2.25. The number of hydrogen-bond acceptors (Lipinski definition) is 0. The maximum absolute atomic E-state index is 12.7. The molecule has 0 aliphatic carbocycles. The fourth-order valence-electron chi connectivity index (χ4n) is 0.927. The van der Waals surface area contributed by atoms with Gasteiger partial charge in [0, 0.05) is 6.92 Å². The third-order valence-electron chi connectivity index (χ3n) is 2.18. The Morgan fingerprint density at radius 1 is 0.571 bits per heavy atom. The highest BCUT2D eigenvalue weighted by Gasteiger charge is 2.86. The second-order valence-electron chi connectivity index (χ2n) is 3.76. The highest BCUT2D eigenvalue weighted by Crippen LogP contribution is 2.58. The zero-order valence-corrected chi connectivity index (χ0v) is 9.41. The summed E-state index contributed by atoms with van der Waals surface area (Å²) in [7, 11) is 0. The predicted molar refractivity (Wildman–Crippen MR) is 40.8 cm³/mol. The molecule has 126 valence electrons. The van der Waals surface area contributed by atoms with E-state index in [1.165, 1.54) is 0 Å². The van der Waals surface area contributed by atoms with E-state index >= 15 is 0 Å². The molecule has 0 spiro atoms. The lowest BCUT2D eigenvalue weighted by atomic mass is 9.94. The van der Waals surface area contributed by atoms with Crippen LogP contribution >= 0.6 is 0 Å². The molecule has 0 saturated carbocycles. The van der Waals surface area contributed by atoms with Crippen LogP contribution in [-0.2, 0) is 0 Å². The van der Waals surface area contributed by atoms with E-state index in [1.807, 2.05) is 0 Å². The minimum absolute atomic E-state index is 1.00. The summed E-state index contributed by atoms with van der Waals surface area (Å²) in [5.41, 5.74) is 0. The topological polar surface area (TPSA) is 0 Å². The molecule has 13 heteroatoms. The third kappa shape index (κ3) is 2.65. The van der Waals surface area contributed by atoms with E-state index in [2.05, 4.69) is 0 Å². The van der Waals surface area contributed by atoms with Crippen LogP contribution in [0.2, 0.25) is 0 Å². The van der Waals surface area contributed by atoms with Gasteiger partial charge in [0.1, 0.15) is 0 Å². The maximum atomic E-state index is 12.7. The summed E-state index contributed by atoms with van der Waals surface area (Å²) in [6, 6.07) is 0. The van der Waals surface area contributed by atoms with Crippen LogP contribution in [-0.4, -0.2) is 29.6 Å². The summed E-state index contributed by atoms with van der Waals surface area (Å²) < 4.78 is 161. The van der Waals surface area contributed by atoms with E-state index < -0.39 is 48.4 Å². The van der Waals surface area contributed by atoms with E-state index in [4.69, 9.17) is 0 Å². The van der Waals surface area contributed by atoms with Gasteiger partial charge in [0.05, 0.1) is 0 Å². The number of hydrogen-bond donors (Lipinski definition) is 0. The molecular weight excluding hydrogens is 343 g/mol. The molecule has 0 aliphatic rings. The van der Waals surface area contributed by atoms with Crippen molar-refractivity contribution in [3.8, 4) is 0 Å². The van der Waals surface area contributed by atoms with Gasteiger partial charge in [0.2, 0.25) is 5.83 Å². The summed E-state index contributed by atoms with van der Waals surface area (Å²) in [4.78, 5) is 0. The molecule has 0 aromatic carbocycles. The van der Waals surface area contributed by atoms with Crippen molar-refractivity contribution in [2.45, 2.75) is 36.5 Å². The zero-order valence-electron chi connectivity index (χ0n) is 9.41. The van der Waals surface area contributed by atoms with Crippen molar-refractivity contribution >= 4 is 0 Å². The second kappa shape index (κ2) is 4.93. The Morgan fingerprint density at radius 2 is 0.905 bits per heavy atom. The Bertz CT molecular complexity index is 422. The highest BCUT2D eigenvalue weighted by molar-refractivity contribution is 5.18. The van der Waals surface area contributed by atoms with E-state index in [9.17, 15) is 57.1 Å². The zero-order chi connectivity index (χ0) is 17.7. The number of halogens is 13. The normalized spacial score (nSPS) is 15.1. The first kappa shape index (κ1) is 19.8. The van der Waals surface area contributed by atoms with Gasteiger partial charge in [-0.1, -0.05) is 0 Å². The molecule has 0 heterocycles. The first-order valence-corrected chi connectivity index (χ1v) is 4.46. The van der Waals surface area contributed by atoms with E-state index in [-0.39, 0.29) is 0 Å². The Morgan fingerprint density at radius 3 is 1.14 bits per heavy atom. The summed E-state index contributed by atoms with van der Waals surface area (Å²) in [5, 5.41) is 0. The minimum atomic E-state index is -7.57. The van der Waals surface area contributed by atoms with Gasteiger partial charge in [-0.2, -0.15) is 57.1 Å². The molecule has 0 fully saturated rings. The number of allylic oxidation sites excluding steroid dienone is 1. The van der Waals surface area contributed by atoms with Crippen LogP contribution < -0.4 is 0 Å². The van der Waals surface area contributed by atoms with Crippen molar-refractivity contribution in [2.75, 3.05) is 0 Å². The molecule has 0 N–H and O–H groups in total. The van der Waals surface area contributed by atoms with E-state index in [1.54, 1.807) is 0 Å². The number of alkyl halides is 10. The molecule has 0 atom stereocenters. The van der Waals surface area contributed by atoms with Gasteiger partial charge >= 0.3 is 35.7 Å². The summed E-state index contributed by atoms with van der Waals surface area (Å²) in [5.74, 6) is -39.7. The molecule has 0 amide bonds. The molecule has 0 aromatic heterocycles. The fourth-order valence-corrected chi connectivity index (χ4v) is 0.927. The second-order valence-corrected chi connectivity index (χ2v) is 3.76. The molecule has 0 radical (unpaired) electrons. The van der Waals surface area contributed by atoms with Crippen LogP contribution in [0.4, 0.5) is 57.1 Å². The van der Waals surface area contributed by atoms with Gasteiger partial charge in [-0.05, 0) is 0 Å². The van der Waals surface area contributed by atoms with Gasteiger partial charge in [-0.3, -0.25) is 0 Å². The summed E-state index contributed by atoms with van der Waals surface area (Å²) in [6.07, 6.45) is -4.21. The summed E-state index contributed by atoms with van der Waals surface area (Å²) in [6.45, 7) is -1.00. The van der Waals surface area contributed by atoms with Crippen LogP contribution in [0, 0.1) is 0 Å². The molecule has 0 rings (SSSR count). The Labute approximate surface area is 107 Å². The lowest BCUT2D eigenvalue weighted by Crippen LogP contribution is -2.66. The van der Waals surface area contributed by atoms with Gasteiger partial charge in [-0.25, -0.2) is 0 Å². The number of rotatable bonds is 5. The molecule has 21 heavy (non-hydrogen) atoms. The smallest absolute Gasteiger partial charge is 0.200 e. The highest BCUT2D eigenvalue weighted by atomic mass is 19.4. The Kier molecular flexibility index (Phi) is 4.66. The van der Waals surface area contributed by atoms with Crippen LogP contribution in [0.25, 0.3) is 0 Å². The van der Waals surface area contributed by atoms with Crippen LogP contribution in [0.15, 0.2) is 11.9 Å². The molecule has 0 bridgehead atoms. The fraction of sp³-hybridized carbons (Fsp3) is 0.750. The van der Waals surface area contributed by atoms with E-state index in [0.29, 0.717) is 0 Å². The van der Waals surface area contributed by atoms with Crippen molar-refractivity contribution < 1.29 is 57.1 Å². The van der Waals surface area contributed by atoms with Crippen LogP contribution in [0.3, 0.4) is 0 Å². The Hall–Kier alpha value is -1.17. The third-order valence-corrected chi connectivity index (χ3v) is 2.18. The first-order chi connectivity index (χ1) is 8.85. The largest absolute Gasteiger partial charge is 0.385 e. The van der Waals surface area contributed by atoms with Crippen molar-refractivity contribution in [1.82, 2.24) is 0 Å². The van der Waals surface area contributed by atoms with Gasteiger partial charge < -0.3 is 0 Å². The molecular formula is C8H3F13. The van der Waals surface area contributed by atoms with E-state index in [0.717, 1.165) is 0 Å². The molecule has 0 aliphatic heterocycles. The summed E-state index contributed by atoms with van der Waals surface area (Å²) >= 11 is 0. The standard InChI is InChI=1S/C8H3F13/c1-4(12,13)6(16,17)8(20,21)7(18,19)5(14,15)2(9)3(10)11/h1H3. The molecule has 0 nitrogen and oxygen atoms in total. The Balaban J connectivity index is 6.20. The first-order valence-electron chi connectivity index (χ1n) is 4.46. The van der Waals surface area contributed by atoms with Crippen molar-refractivity contribution in [3.63, 3.8) is 0 Å². The van der Waals surface area contributed by atoms with Gasteiger partial charge in [0.15, 0.2) is 0 Å². The molecule has 0 aromatic rings. The van der Waals surface area contributed by atoms with Gasteiger partial charge in [-0.15, -0.1) is 0 Å². The molecule has 0 unspecified atom stereocenters. The van der Waals surface area contributed by atoms with Crippen LogP contribution in [0.5, 0.6) is 0 Å². The van der Waals surface area contributed by atoms with Crippen molar-refractivity contribution in [2.24, 2.45) is 0 Å². The molecule has 0 saturated heterocycles. The maximum Gasteiger partial charge on any atom is 0.385 e. The minimum Gasteiger partial charge on any atom is -0.200 e. The quantitative estimate of drug-likeness (QED) is 0.596. The van der Waals surface area contributed by atoms with Crippen molar-refractivity contribution in [1.29, 1.82) is 0 Å². The monoisotopic (exact) mass is 346 g/mol. The average molecular weight is 346 g/mol. The SMILES string of the molecule is CC(F)(F)C(F)(F)C(F)(F)C(F)(F)C(F)(F)C(F)=C(F)F. The van der Waals surface area contributed by atoms with Gasteiger partial charge in [0.25, 0.3) is 0 Å². The van der Waals surface area contributed by atoms with Crippen molar-refractivity contribution in [3.05, 3.63) is 11.9 Å². The lowest BCUT2D eigenvalue weighted by molar-refractivity contribution is -0.395. The lowest BCUT2D eigenvalue weighted by Gasteiger charge is -2.37.